The van der Waals surface area contributed by atoms with Crippen molar-refractivity contribution in [3.8, 4) is 0 Å². The first kappa shape index (κ1) is 14.2. The molecule has 98 valence electrons. The van der Waals surface area contributed by atoms with Crippen LogP contribution in [-0.4, -0.2) is 24.9 Å². The molecule has 0 fully saturated rings. The van der Waals surface area contributed by atoms with Gasteiger partial charge in [-0.3, -0.25) is 4.79 Å². The van der Waals surface area contributed by atoms with Crippen molar-refractivity contribution in [1.82, 2.24) is 0 Å². The van der Waals surface area contributed by atoms with E-state index in [9.17, 15) is 9.59 Å². The predicted molar refractivity (Wildman–Crippen MR) is 71.3 cm³/mol. The van der Waals surface area contributed by atoms with Gasteiger partial charge in [0.15, 0.2) is 0 Å². The fraction of sp³-hybridized carbons (Fsp3) is 0.429. The van der Waals surface area contributed by atoms with Gasteiger partial charge in [0.05, 0.1) is 5.56 Å². The molecule has 0 amide bonds. The van der Waals surface area contributed by atoms with E-state index in [2.05, 4.69) is 5.32 Å². The number of esters is 1. The zero-order valence-corrected chi connectivity index (χ0v) is 11.5. The Hall–Kier alpha value is -1.84. The molecule has 0 spiro atoms. The third-order valence-electron chi connectivity index (χ3n) is 2.45. The van der Waals surface area contributed by atoms with E-state index in [1.54, 1.807) is 19.2 Å². The lowest BCUT2D eigenvalue weighted by Crippen LogP contribution is -2.24. The molecule has 0 bridgehead atoms. The van der Waals surface area contributed by atoms with Crippen molar-refractivity contribution in [3.05, 3.63) is 28.8 Å². The predicted octanol–water partition coefficient (Wildman–Crippen LogP) is 2.80. The van der Waals surface area contributed by atoms with E-state index in [0.717, 1.165) is 11.3 Å². The summed E-state index contributed by atoms with van der Waals surface area (Å²) in [6.45, 7) is 7.24. The number of benzene rings is 1. The Morgan fingerprint density at radius 1 is 1.33 bits per heavy atom. The van der Waals surface area contributed by atoms with Gasteiger partial charge in [0.1, 0.15) is 11.9 Å². The lowest BCUT2D eigenvalue weighted by molar-refractivity contribution is 0.00688. The van der Waals surface area contributed by atoms with E-state index in [-0.39, 0.29) is 0 Å². The van der Waals surface area contributed by atoms with Crippen LogP contribution in [0.3, 0.4) is 0 Å². The zero-order valence-electron chi connectivity index (χ0n) is 11.5. The minimum Gasteiger partial charge on any atom is -0.456 e. The van der Waals surface area contributed by atoms with Gasteiger partial charge in [0.2, 0.25) is 0 Å². The molecule has 0 atom stereocenters. The van der Waals surface area contributed by atoms with Crippen LogP contribution in [0.15, 0.2) is 12.1 Å². The molecular weight excluding hydrogens is 230 g/mol. The molecule has 0 unspecified atom stereocenters. The number of hydrogen-bond donors (Lipinski definition) is 1. The molecule has 0 aliphatic heterocycles. The molecule has 0 radical (unpaired) electrons. The normalized spacial score (nSPS) is 10.9. The number of carbonyl (C=O) groups excluding carboxylic acids is 2. The molecule has 0 heterocycles. The summed E-state index contributed by atoms with van der Waals surface area (Å²) in [5.41, 5.74) is 1.84. The SMILES string of the molecule is CNc1cc(C=O)cc(C(=O)OC(C)(C)C)c1C. The molecule has 0 saturated heterocycles. The fourth-order valence-corrected chi connectivity index (χ4v) is 1.61. The summed E-state index contributed by atoms with van der Waals surface area (Å²) in [6.07, 6.45) is 0.716. The maximum atomic E-state index is 12.1. The number of carbonyl (C=O) groups is 2. The van der Waals surface area contributed by atoms with Crippen molar-refractivity contribution >= 4 is 17.9 Å². The summed E-state index contributed by atoms with van der Waals surface area (Å²) in [5, 5.41) is 2.96. The lowest BCUT2D eigenvalue weighted by atomic mass is 10.0. The third-order valence-corrected chi connectivity index (χ3v) is 2.45. The molecule has 0 aliphatic rings. The number of rotatable bonds is 3. The topological polar surface area (TPSA) is 55.4 Å². The average molecular weight is 249 g/mol. The van der Waals surface area contributed by atoms with Crippen LogP contribution in [0, 0.1) is 6.92 Å². The van der Waals surface area contributed by atoms with Crippen molar-refractivity contribution < 1.29 is 14.3 Å². The second kappa shape index (κ2) is 5.21. The minimum atomic E-state index is -0.555. The second-order valence-electron chi connectivity index (χ2n) is 5.11. The Balaban J connectivity index is 3.22. The van der Waals surface area contributed by atoms with Gasteiger partial charge >= 0.3 is 5.97 Å². The summed E-state index contributed by atoms with van der Waals surface area (Å²) in [4.78, 5) is 22.9. The summed E-state index contributed by atoms with van der Waals surface area (Å²) in [5.74, 6) is -0.416. The molecule has 1 rings (SSSR count). The Kier molecular flexibility index (Phi) is 4.11. The maximum Gasteiger partial charge on any atom is 0.339 e. The number of hydrogen-bond acceptors (Lipinski definition) is 4. The molecule has 4 nitrogen and oxygen atoms in total. The number of nitrogens with one attached hydrogen (secondary N) is 1. The third kappa shape index (κ3) is 3.32. The van der Waals surface area contributed by atoms with Gasteiger partial charge in [-0.1, -0.05) is 0 Å². The van der Waals surface area contributed by atoms with Crippen LogP contribution < -0.4 is 5.32 Å². The van der Waals surface area contributed by atoms with Crippen LogP contribution in [0.4, 0.5) is 5.69 Å². The lowest BCUT2D eigenvalue weighted by Gasteiger charge is -2.21. The molecule has 18 heavy (non-hydrogen) atoms. The Bertz CT molecular complexity index is 473. The van der Waals surface area contributed by atoms with Crippen LogP contribution in [0.1, 0.15) is 47.1 Å². The Labute approximate surface area is 107 Å². The van der Waals surface area contributed by atoms with Gasteiger partial charge in [0, 0.05) is 18.3 Å². The molecule has 0 aliphatic carbocycles. The Morgan fingerprint density at radius 2 is 1.94 bits per heavy atom. The van der Waals surface area contributed by atoms with Crippen molar-refractivity contribution in [2.75, 3.05) is 12.4 Å². The molecule has 1 N–H and O–H groups in total. The smallest absolute Gasteiger partial charge is 0.339 e. The van der Waals surface area contributed by atoms with Gasteiger partial charge in [-0.05, 0) is 45.4 Å². The monoisotopic (exact) mass is 249 g/mol. The van der Waals surface area contributed by atoms with Crippen molar-refractivity contribution in [2.24, 2.45) is 0 Å². The zero-order chi connectivity index (χ0) is 13.9. The molecule has 0 aromatic heterocycles. The molecule has 0 saturated carbocycles. The van der Waals surface area contributed by atoms with E-state index in [1.807, 2.05) is 27.7 Å². The first-order valence-electron chi connectivity index (χ1n) is 5.79. The summed E-state index contributed by atoms with van der Waals surface area (Å²) < 4.78 is 5.32. The number of aldehydes is 1. The van der Waals surface area contributed by atoms with Crippen molar-refractivity contribution in [2.45, 2.75) is 33.3 Å². The van der Waals surface area contributed by atoms with Crippen molar-refractivity contribution in [1.29, 1.82) is 0 Å². The average Bonchev–Trinajstić information content (AvgIpc) is 2.27. The first-order chi connectivity index (χ1) is 8.28. The van der Waals surface area contributed by atoms with E-state index in [0.29, 0.717) is 17.4 Å². The van der Waals surface area contributed by atoms with Gasteiger partial charge in [-0.2, -0.15) is 0 Å². The number of ether oxygens (including phenoxy) is 1. The van der Waals surface area contributed by atoms with Crippen LogP contribution in [0.5, 0.6) is 0 Å². The van der Waals surface area contributed by atoms with Crippen LogP contribution >= 0.6 is 0 Å². The van der Waals surface area contributed by atoms with E-state index in [1.165, 1.54) is 0 Å². The maximum absolute atomic E-state index is 12.1. The van der Waals surface area contributed by atoms with Crippen molar-refractivity contribution in [3.63, 3.8) is 0 Å². The molecule has 1 aromatic rings. The fourth-order valence-electron chi connectivity index (χ4n) is 1.61. The first-order valence-corrected chi connectivity index (χ1v) is 5.79. The minimum absolute atomic E-state index is 0.416. The van der Waals surface area contributed by atoms with E-state index >= 15 is 0 Å². The second-order valence-corrected chi connectivity index (χ2v) is 5.11. The Morgan fingerprint density at radius 3 is 2.39 bits per heavy atom. The molecule has 4 heteroatoms. The largest absolute Gasteiger partial charge is 0.456 e. The van der Waals surface area contributed by atoms with Gasteiger partial charge in [-0.25, -0.2) is 4.79 Å². The quantitative estimate of drug-likeness (QED) is 0.661. The highest BCUT2D eigenvalue weighted by Gasteiger charge is 2.21. The van der Waals surface area contributed by atoms with Gasteiger partial charge < -0.3 is 10.1 Å². The van der Waals surface area contributed by atoms with E-state index in [4.69, 9.17) is 4.74 Å². The van der Waals surface area contributed by atoms with Crippen LogP contribution in [0.25, 0.3) is 0 Å². The van der Waals surface area contributed by atoms with Crippen LogP contribution in [0.2, 0.25) is 0 Å². The highest BCUT2D eigenvalue weighted by molar-refractivity contribution is 5.95. The molecule has 1 aromatic carbocycles. The van der Waals surface area contributed by atoms with E-state index < -0.39 is 11.6 Å². The highest BCUT2D eigenvalue weighted by atomic mass is 16.6. The standard InChI is InChI=1S/C14H19NO3/c1-9-11(13(17)18-14(2,3)4)6-10(8-16)7-12(9)15-5/h6-8,15H,1-5H3. The van der Waals surface area contributed by atoms with Crippen LogP contribution in [-0.2, 0) is 4.74 Å². The highest BCUT2D eigenvalue weighted by Crippen LogP contribution is 2.23. The van der Waals surface area contributed by atoms with Gasteiger partial charge in [-0.15, -0.1) is 0 Å². The summed E-state index contributed by atoms with van der Waals surface area (Å²) >= 11 is 0. The van der Waals surface area contributed by atoms with Gasteiger partial charge in [0.25, 0.3) is 0 Å². The summed E-state index contributed by atoms with van der Waals surface area (Å²) in [6, 6.07) is 3.26. The molecular formula is C14H19NO3. The summed E-state index contributed by atoms with van der Waals surface area (Å²) in [7, 11) is 1.75. The number of anilines is 1.